The average Bonchev–Trinajstić information content (AvgIpc) is 2.60. The van der Waals surface area contributed by atoms with Gasteiger partial charge in [-0.1, -0.05) is 33.1 Å². The van der Waals surface area contributed by atoms with Gasteiger partial charge in [-0.25, -0.2) is 9.59 Å². The molecule has 0 aliphatic heterocycles. The summed E-state index contributed by atoms with van der Waals surface area (Å²) in [6.45, 7) is 8.12. The Kier molecular flexibility index (Phi) is 9.98. The summed E-state index contributed by atoms with van der Waals surface area (Å²) in [6, 6.07) is -0.725. The van der Waals surface area contributed by atoms with Gasteiger partial charge in [0.1, 0.15) is 11.5 Å². The Hall–Kier alpha value is -2.78. The fourth-order valence-corrected chi connectivity index (χ4v) is 2.88. The molecule has 0 bridgehead atoms. The monoisotopic (exact) mass is 410 g/mol. The van der Waals surface area contributed by atoms with Gasteiger partial charge in [0.05, 0.1) is 6.54 Å². The summed E-state index contributed by atoms with van der Waals surface area (Å²) < 4.78 is 1.32. The number of aromatic amines is 1. The number of hydrogen-bond acceptors (Lipinski definition) is 6. The topological polar surface area (TPSA) is 142 Å². The quantitative estimate of drug-likeness (QED) is 0.403. The summed E-state index contributed by atoms with van der Waals surface area (Å²) >= 11 is 0. The second-order valence-electron chi connectivity index (χ2n) is 7.30. The van der Waals surface area contributed by atoms with Crippen LogP contribution in [0.3, 0.4) is 0 Å². The lowest BCUT2D eigenvalue weighted by Gasteiger charge is -2.25. The normalized spacial score (nSPS) is 10.8. The van der Waals surface area contributed by atoms with E-state index in [1.54, 1.807) is 13.8 Å². The van der Waals surface area contributed by atoms with Gasteiger partial charge in [0.2, 0.25) is 5.91 Å². The molecule has 0 aliphatic rings. The van der Waals surface area contributed by atoms with E-state index in [1.807, 2.05) is 13.8 Å². The van der Waals surface area contributed by atoms with E-state index >= 15 is 0 Å². The van der Waals surface area contributed by atoms with Gasteiger partial charge in [-0.3, -0.25) is 24.5 Å². The van der Waals surface area contributed by atoms with Crippen LogP contribution in [0.25, 0.3) is 0 Å². The van der Waals surface area contributed by atoms with E-state index in [1.165, 1.54) is 9.47 Å². The summed E-state index contributed by atoms with van der Waals surface area (Å²) in [4.78, 5) is 52.6. The third kappa shape index (κ3) is 7.63. The Morgan fingerprint density at radius 3 is 2.38 bits per heavy atom. The smallest absolute Gasteiger partial charge is 0.330 e. The summed E-state index contributed by atoms with van der Waals surface area (Å²) in [5.41, 5.74) is 5.03. The first kappa shape index (κ1) is 24.3. The number of carbonyl (C=O) groups excluding carboxylic acids is 2. The van der Waals surface area contributed by atoms with Crippen LogP contribution in [0.1, 0.15) is 59.8 Å². The van der Waals surface area contributed by atoms with Gasteiger partial charge in [0.15, 0.2) is 0 Å². The minimum Gasteiger partial charge on any atom is -0.383 e. The number of aromatic nitrogens is 2. The highest BCUT2D eigenvalue weighted by atomic mass is 16.2. The number of nitrogens with zero attached hydrogens (tertiary/aromatic N) is 2. The molecule has 0 radical (unpaired) electrons. The van der Waals surface area contributed by atoms with Gasteiger partial charge in [-0.2, -0.15) is 0 Å². The highest BCUT2D eigenvalue weighted by molar-refractivity contribution is 5.96. The molecule has 10 nitrogen and oxygen atoms in total. The van der Waals surface area contributed by atoms with Gasteiger partial charge >= 0.3 is 11.7 Å². The number of carbonyl (C=O) groups is 2. The van der Waals surface area contributed by atoms with Crippen LogP contribution in [0.5, 0.6) is 0 Å². The van der Waals surface area contributed by atoms with Crippen LogP contribution in [0.15, 0.2) is 9.59 Å². The molecule has 29 heavy (non-hydrogen) atoms. The maximum atomic E-state index is 12.5. The number of unbranched alkanes of at least 4 members (excludes halogenated alkanes) is 3. The number of amides is 3. The van der Waals surface area contributed by atoms with Crippen LogP contribution < -0.4 is 32.5 Å². The number of nitrogens with one attached hydrogen (secondary N) is 3. The second-order valence-corrected chi connectivity index (χ2v) is 7.30. The molecule has 5 N–H and O–H groups in total. The van der Waals surface area contributed by atoms with E-state index < -0.39 is 23.2 Å². The van der Waals surface area contributed by atoms with E-state index in [2.05, 4.69) is 15.6 Å². The highest BCUT2D eigenvalue weighted by Crippen LogP contribution is 2.18. The van der Waals surface area contributed by atoms with Crippen molar-refractivity contribution in [1.82, 2.24) is 20.2 Å². The lowest BCUT2D eigenvalue weighted by molar-refractivity contribution is -0.118. The molecule has 1 rings (SSSR count). The van der Waals surface area contributed by atoms with Crippen LogP contribution in [-0.4, -0.2) is 40.6 Å². The van der Waals surface area contributed by atoms with Crippen molar-refractivity contribution in [2.24, 2.45) is 0 Å². The Bertz CT molecular complexity index is 799. The van der Waals surface area contributed by atoms with Crippen molar-refractivity contribution in [2.75, 3.05) is 23.7 Å². The number of hydrogen-bond donors (Lipinski definition) is 4. The van der Waals surface area contributed by atoms with Crippen LogP contribution >= 0.6 is 0 Å². The second kappa shape index (κ2) is 11.9. The van der Waals surface area contributed by atoms with Crippen molar-refractivity contribution in [1.29, 1.82) is 0 Å². The molecule has 10 heteroatoms. The molecular weight excluding hydrogens is 376 g/mol. The summed E-state index contributed by atoms with van der Waals surface area (Å²) in [5, 5.41) is 4.82. The fourth-order valence-electron chi connectivity index (χ4n) is 2.88. The maximum absolute atomic E-state index is 12.5. The zero-order valence-electron chi connectivity index (χ0n) is 17.8. The number of H-pyrrole nitrogens is 1. The van der Waals surface area contributed by atoms with E-state index in [0.717, 1.165) is 32.1 Å². The fraction of sp³-hybridized carbons (Fsp3) is 0.684. The SMILES string of the molecule is CCCCCN(CC(=O)NC(=O)NC(C)C)c1c(N)n(CCCC)c(=O)[nH]c1=O. The Balaban J connectivity index is 3.16. The van der Waals surface area contributed by atoms with E-state index in [-0.39, 0.29) is 24.1 Å². The van der Waals surface area contributed by atoms with Gasteiger partial charge < -0.3 is 16.0 Å². The molecule has 0 saturated carbocycles. The third-order valence-electron chi connectivity index (χ3n) is 4.30. The number of anilines is 2. The molecule has 0 aliphatic carbocycles. The average molecular weight is 411 g/mol. The molecule has 0 aromatic carbocycles. The van der Waals surface area contributed by atoms with Crippen molar-refractivity contribution in [2.45, 2.75) is 72.4 Å². The van der Waals surface area contributed by atoms with Gasteiger partial charge in [-0.15, -0.1) is 0 Å². The van der Waals surface area contributed by atoms with Gasteiger partial charge in [-0.05, 0) is 26.7 Å². The largest absolute Gasteiger partial charge is 0.383 e. The molecule has 1 aromatic rings. The lowest BCUT2D eigenvalue weighted by Crippen LogP contribution is -2.48. The number of nitrogens with two attached hydrogens (primary N) is 1. The van der Waals surface area contributed by atoms with Crippen molar-refractivity contribution >= 4 is 23.4 Å². The molecule has 0 atom stereocenters. The number of urea groups is 1. The number of nitrogen functional groups attached to an aromatic ring is 1. The predicted octanol–water partition coefficient (Wildman–Crippen LogP) is 1.15. The molecule has 0 fully saturated rings. The lowest BCUT2D eigenvalue weighted by atomic mass is 10.2. The minimum absolute atomic E-state index is 0.0307. The zero-order chi connectivity index (χ0) is 22.0. The van der Waals surface area contributed by atoms with Crippen molar-refractivity contribution in [3.63, 3.8) is 0 Å². The molecule has 164 valence electrons. The minimum atomic E-state index is -0.642. The van der Waals surface area contributed by atoms with Crippen molar-refractivity contribution in [3.05, 3.63) is 20.8 Å². The Morgan fingerprint density at radius 1 is 1.14 bits per heavy atom. The first-order chi connectivity index (χ1) is 13.7. The number of imide groups is 1. The highest BCUT2D eigenvalue weighted by Gasteiger charge is 2.21. The van der Waals surface area contributed by atoms with Crippen LogP contribution in [0.4, 0.5) is 16.3 Å². The molecule has 1 heterocycles. The van der Waals surface area contributed by atoms with E-state index in [9.17, 15) is 19.2 Å². The molecule has 0 unspecified atom stereocenters. The summed E-state index contributed by atoms with van der Waals surface area (Å²) in [7, 11) is 0. The van der Waals surface area contributed by atoms with Crippen molar-refractivity contribution < 1.29 is 9.59 Å². The van der Waals surface area contributed by atoms with Crippen LogP contribution in [0, 0.1) is 0 Å². The Labute approximate surface area is 170 Å². The van der Waals surface area contributed by atoms with Gasteiger partial charge in [0.25, 0.3) is 5.56 Å². The zero-order valence-corrected chi connectivity index (χ0v) is 17.8. The summed E-state index contributed by atoms with van der Waals surface area (Å²) in [6.07, 6.45) is 4.17. The van der Waals surface area contributed by atoms with Crippen LogP contribution in [0.2, 0.25) is 0 Å². The summed E-state index contributed by atoms with van der Waals surface area (Å²) in [5.74, 6) is -0.534. The third-order valence-corrected chi connectivity index (χ3v) is 4.30. The van der Waals surface area contributed by atoms with Gasteiger partial charge in [0, 0.05) is 19.1 Å². The Morgan fingerprint density at radius 2 is 1.79 bits per heavy atom. The standard InChI is InChI=1S/C19H34N6O4/c1-5-7-9-10-24(12-14(26)22-18(28)21-13(3)4)15-16(20)25(11-8-6-2)19(29)23-17(15)27/h13H,5-12,20H2,1-4H3,(H,23,27,29)(H2,21,22,26,28). The first-order valence-corrected chi connectivity index (χ1v) is 10.2. The molecule has 3 amide bonds. The van der Waals surface area contributed by atoms with E-state index in [0.29, 0.717) is 13.1 Å². The number of rotatable bonds is 11. The van der Waals surface area contributed by atoms with Crippen LogP contribution in [-0.2, 0) is 11.3 Å². The molecule has 0 saturated heterocycles. The van der Waals surface area contributed by atoms with E-state index in [4.69, 9.17) is 5.73 Å². The van der Waals surface area contributed by atoms with Crippen molar-refractivity contribution in [3.8, 4) is 0 Å². The molecular formula is C19H34N6O4. The first-order valence-electron chi connectivity index (χ1n) is 10.2. The maximum Gasteiger partial charge on any atom is 0.330 e. The molecule has 1 aromatic heterocycles. The predicted molar refractivity (Wildman–Crippen MR) is 114 cm³/mol. The molecule has 0 spiro atoms.